The second-order valence-electron chi connectivity index (χ2n) is 3.22. The zero-order valence-corrected chi connectivity index (χ0v) is 6.96. The molecule has 0 aromatic heterocycles. The van der Waals surface area contributed by atoms with Crippen molar-refractivity contribution in [2.75, 3.05) is 0 Å². The molecule has 0 aliphatic heterocycles. The highest BCUT2D eigenvalue weighted by Crippen LogP contribution is 2.13. The first-order chi connectivity index (χ1) is 4.57. The minimum atomic E-state index is -0.567. The highest BCUT2D eigenvalue weighted by atomic mass is 16.3. The van der Waals surface area contributed by atoms with Crippen LogP contribution in [0.25, 0.3) is 0 Å². The van der Waals surface area contributed by atoms with Crippen LogP contribution in [0.5, 0.6) is 0 Å². The summed E-state index contributed by atoms with van der Waals surface area (Å²) in [6.45, 7) is 6.23. The largest absolute Gasteiger partial charge is 0.380 e. The zero-order valence-electron chi connectivity index (χ0n) is 6.96. The first kappa shape index (κ1) is 9.52. The molecule has 58 valence electrons. The van der Waals surface area contributed by atoms with Crippen molar-refractivity contribution in [1.29, 1.82) is 0 Å². The molecule has 0 radical (unpaired) electrons. The molecule has 2 atom stereocenters. The molecule has 0 saturated carbocycles. The van der Waals surface area contributed by atoms with E-state index in [1.807, 2.05) is 6.92 Å². The van der Waals surface area contributed by atoms with Crippen molar-refractivity contribution in [1.82, 2.24) is 0 Å². The van der Waals surface area contributed by atoms with E-state index in [4.69, 9.17) is 11.5 Å². The third-order valence-electron chi connectivity index (χ3n) is 1.55. The fraction of sp³-hybridized carbons (Fsp3) is 0.778. The summed E-state index contributed by atoms with van der Waals surface area (Å²) < 4.78 is 0. The normalized spacial score (nSPS) is 16.4. The second-order valence-corrected chi connectivity index (χ2v) is 3.22. The van der Waals surface area contributed by atoms with Crippen molar-refractivity contribution in [2.45, 2.75) is 33.3 Å². The van der Waals surface area contributed by atoms with Crippen molar-refractivity contribution < 1.29 is 5.11 Å². The van der Waals surface area contributed by atoms with Crippen LogP contribution >= 0.6 is 0 Å². The molecular formula is C9H16O. The van der Waals surface area contributed by atoms with Crippen LogP contribution in [-0.4, -0.2) is 11.2 Å². The molecule has 0 bridgehead atoms. The Labute approximate surface area is 63.5 Å². The van der Waals surface area contributed by atoms with Gasteiger partial charge in [0.15, 0.2) is 0 Å². The van der Waals surface area contributed by atoms with Gasteiger partial charge in [0.05, 0.1) is 0 Å². The Morgan fingerprint density at radius 2 is 1.90 bits per heavy atom. The van der Waals surface area contributed by atoms with Gasteiger partial charge in [-0.05, 0) is 18.3 Å². The van der Waals surface area contributed by atoms with Crippen molar-refractivity contribution in [3.63, 3.8) is 0 Å². The number of aliphatic hydroxyl groups excluding tert-OH is 1. The summed E-state index contributed by atoms with van der Waals surface area (Å²) in [6.07, 6.45) is 5.47. The van der Waals surface area contributed by atoms with Crippen LogP contribution in [-0.2, 0) is 0 Å². The van der Waals surface area contributed by atoms with Crippen molar-refractivity contribution in [2.24, 2.45) is 11.8 Å². The summed E-state index contributed by atoms with van der Waals surface area (Å²) in [6, 6.07) is 0. The number of rotatable bonds is 3. The van der Waals surface area contributed by atoms with Gasteiger partial charge < -0.3 is 5.11 Å². The topological polar surface area (TPSA) is 20.2 Å². The van der Waals surface area contributed by atoms with Gasteiger partial charge >= 0.3 is 0 Å². The van der Waals surface area contributed by atoms with Gasteiger partial charge in [-0.25, -0.2) is 0 Å². The van der Waals surface area contributed by atoms with Gasteiger partial charge in [-0.2, -0.15) is 0 Å². The quantitative estimate of drug-likeness (QED) is 0.591. The molecule has 0 rings (SSSR count). The maximum absolute atomic E-state index is 9.14. The van der Waals surface area contributed by atoms with E-state index in [1.54, 1.807) is 0 Å². The molecule has 0 saturated heterocycles. The first-order valence-corrected chi connectivity index (χ1v) is 3.72. The summed E-state index contributed by atoms with van der Waals surface area (Å²) in [5.41, 5.74) is 0. The van der Waals surface area contributed by atoms with Crippen LogP contribution in [0, 0.1) is 24.2 Å². The molecule has 0 aromatic carbocycles. The molecule has 0 aromatic rings. The van der Waals surface area contributed by atoms with E-state index < -0.39 is 6.10 Å². The van der Waals surface area contributed by atoms with E-state index in [2.05, 4.69) is 19.8 Å². The van der Waals surface area contributed by atoms with Crippen molar-refractivity contribution in [3.8, 4) is 12.3 Å². The third-order valence-corrected chi connectivity index (χ3v) is 1.55. The predicted molar refractivity (Wildman–Crippen MR) is 43.5 cm³/mol. The van der Waals surface area contributed by atoms with E-state index in [-0.39, 0.29) is 5.92 Å². The van der Waals surface area contributed by atoms with Crippen molar-refractivity contribution in [3.05, 3.63) is 0 Å². The smallest absolute Gasteiger partial charge is 0.117 e. The summed E-state index contributed by atoms with van der Waals surface area (Å²) in [5.74, 6) is 3.16. The highest BCUT2D eigenvalue weighted by Gasteiger charge is 2.11. The number of hydrogen-bond acceptors (Lipinski definition) is 1. The number of terminal acetylenes is 1. The molecular weight excluding hydrogens is 124 g/mol. The Balaban J connectivity index is 3.64. The molecule has 10 heavy (non-hydrogen) atoms. The van der Waals surface area contributed by atoms with E-state index in [1.165, 1.54) is 0 Å². The Kier molecular flexibility index (Phi) is 4.14. The molecule has 0 aliphatic carbocycles. The summed E-state index contributed by atoms with van der Waals surface area (Å²) in [4.78, 5) is 0. The van der Waals surface area contributed by atoms with Crippen LogP contribution in [0.2, 0.25) is 0 Å². The fourth-order valence-corrected chi connectivity index (χ4v) is 1.04. The molecule has 0 spiro atoms. The molecule has 1 N–H and O–H groups in total. The molecule has 0 aliphatic rings. The predicted octanol–water partition coefficient (Wildman–Crippen LogP) is 1.66. The average molecular weight is 140 g/mol. The van der Waals surface area contributed by atoms with E-state index in [0.717, 1.165) is 6.42 Å². The van der Waals surface area contributed by atoms with E-state index in [9.17, 15) is 0 Å². The molecule has 1 nitrogen and oxygen atoms in total. The first-order valence-electron chi connectivity index (χ1n) is 3.72. The molecule has 0 fully saturated rings. The minimum absolute atomic E-state index is 0.227. The maximum atomic E-state index is 9.14. The van der Waals surface area contributed by atoms with E-state index in [0.29, 0.717) is 5.92 Å². The van der Waals surface area contributed by atoms with Gasteiger partial charge in [0.25, 0.3) is 0 Å². The van der Waals surface area contributed by atoms with Gasteiger partial charge in [0.1, 0.15) is 6.10 Å². The zero-order chi connectivity index (χ0) is 8.15. The molecule has 1 heteroatoms. The van der Waals surface area contributed by atoms with Crippen LogP contribution in [0.15, 0.2) is 0 Å². The minimum Gasteiger partial charge on any atom is -0.380 e. The molecule has 0 heterocycles. The SMILES string of the molecule is C#CC(O)C(C)CC(C)C. The summed E-state index contributed by atoms with van der Waals surface area (Å²) >= 11 is 0. The maximum Gasteiger partial charge on any atom is 0.117 e. The molecule has 0 amide bonds. The lowest BCUT2D eigenvalue weighted by atomic mass is 9.94. The lowest BCUT2D eigenvalue weighted by Gasteiger charge is -2.15. The summed E-state index contributed by atoms with van der Waals surface area (Å²) in [7, 11) is 0. The van der Waals surface area contributed by atoms with Gasteiger partial charge in [0, 0.05) is 0 Å². The number of hydrogen-bond donors (Lipinski definition) is 1. The standard InChI is InChI=1S/C9H16O/c1-5-9(10)8(4)6-7(2)3/h1,7-10H,6H2,2-4H3. The van der Waals surface area contributed by atoms with Gasteiger partial charge in [-0.15, -0.1) is 6.42 Å². The lowest BCUT2D eigenvalue weighted by Crippen LogP contribution is -2.16. The van der Waals surface area contributed by atoms with Gasteiger partial charge in [-0.3, -0.25) is 0 Å². The fourth-order valence-electron chi connectivity index (χ4n) is 1.04. The van der Waals surface area contributed by atoms with Crippen LogP contribution in [0.4, 0.5) is 0 Å². The Morgan fingerprint density at radius 1 is 1.40 bits per heavy atom. The number of aliphatic hydroxyl groups is 1. The van der Waals surface area contributed by atoms with Crippen molar-refractivity contribution >= 4 is 0 Å². The highest BCUT2D eigenvalue weighted by molar-refractivity contribution is 4.95. The van der Waals surface area contributed by atoms with Crippen LogP contribution in [0.1, 0.15) is 27.2 Å². The average Bonchev–Trinajstić information content (AvgIpc) is 1.85. The van der Waals surface area contributed by atoms with Gasteiger partial charge in [0.2, 0.25) is 0 Å². The second kappa shape index (κ2) is 4.35. The van der Waals surface area contributed by atoms with Crippen LogP contribution < -0.4 is 0 Å². The third kappa shape index (κ3) is 3.53. The van der Waals surface area contributed by atoms with Crippen LogP contribution in [0.3, 0.4) is 0 Å². The van der Waals surface area contributed by atoms with E-state index >= 15 is 0 Å². The monoisotopic (exact) mass is 140 g/mol. The Bertz CT molecular complexity index is 121. The lowest BCUT2D eigenvalue weighted by molar-refractivity contribution is 0.156. The Hall–Kier alpha value is -0.480. The van der Waals surface area contributed by atoms with Gasteiger partial charge in [-0.1, -0.05) is 26.7 Å². The Morgan fingerprint density at radius 3 is 2.20 bits per heavy atom. The summed E-state index contributed by atoms with van der Waals surface area (Å²) in [5, 5.41) is 9.14. The molecule has 2 unspecified atom stereocenters.